The predicted molar refractivity (Wildman–Crippen MR) is 55.8 cm³/mol. The first kappa shape index (κ1) is 10.7. The Morgan fingerprint density at radius 3 is 2.64 bits per heavy atom. The van der Waals surface area contributed by atoms with Gasteiger partial charge in [0.15, 0.2) is 0 Å². The summed E-state index contributed by atoms with van der Waals surface area (Å²) in [5.74, 6) is -0.0562. The molecule has 75 valence electrons. The van der Waals surface area contributed by atoms with Crippen LogP contribution in [0, 0.1) is 0 Å². The number of nitrogens with zero attached hydrogens (tertiary/aromatic N) is 1. The van der Waals surface area contributed by atoms with Crippen molar-refractivity contribution >= 4 is 5.91 Å². The van der Waals surface area contributed by atoms with Gasteiger partial charge in [-0.05, 0) is 12.0 Å². The normalized spacial score (nSPS) is 9.79. The lowest BCUT2D eigenvalue weighted by molar-refractivity contribution is -0.121. The third-order valence-corrected chi connectivity index (χ3v) is 1.89. The zero-order chi connectivity index (χ0) is 10.2. The summed E-state index contributed by atoms with van der Waals surface area (Å²) in [7, 11) is 0. The Labute approximate surface area is 84.3 Å². The second kappa shape index (κ2) is 6.16. The van der Waals surface area contributed by atoms with Gasteiger partial charge in [0.1, 0.15) is 0 Å². The van der Waals surface area contributed by atoms with Crippen LogP contribution in [0.5, 0.6) is 0 Å². The van der Waals surface area contributed by atoms with Crippen molar-refractivity contribution in [1.82, 2.24) is 5.32 Å². The van der Waals surface area contributed by atoms with Gasteiger partial charge in [-0.3, -0.25) is 10.1 Å². The number of hydrogen-bond acceptors (Lipinski definition) is 2. The molecule has 3 nitrogen and oxygen atoms in total. The topological polar surface area (TPSA) is 57.2 Å². The van der Waals surface area contributed by atoms with Gasteiger partial charge < -0.3 is 5.73 Å². The Bertz CT molecular complexity index is 272. The third-order valence-electron chi connectivity index (χ3n) is 1.89. The van der Waals surface area contributed by atoms with Crippen LogP contribution in [0.25, 0.3) is 0 Å². The Kier molecular flexibility index (Phi) is 4.72. The van der Waals surface area contributed by atoms with E-state index in [9.17, 15) is 4.79 Å². The number of aryl methyl sites for hydroxylation is 1. The van der Waals surface area contributed by atoms with Gasteiger partial charge >= 0.3 is 0 Å². The smallest absolute Gasteiger partial charge is 0.241 e. The van der Waals surface area contributed by atoms with E-state index < -0.39 is 0 Å². The summed E-state index contributed by atoms with van der Waals surface area (Å²) < 4.78 is 0. The molecule has 3 heteroatoms. The number of carbonyl (C=O) groups excluding carboxylic acids is 1. The maximum atomic E-state index is 11.2. The lowest BCUT2D eigenvalue weighted by atomic mass is 10.1. The minimum absolute atomic E-state index is 0.0562. The van der Waals surface area contributed by atoms with Gasteiger partial charge in [-0.15, -0.1) is 0 Å². The van der Waals surface area contributed by atoms with Crippen LogP contribution in [0.2, 0.25) is 0 Å². The molecule has 0 aliphatic carbocycles. The van der Waals surface area contributed by atoms with Crippen LogP contribution in [0.1, 0.15) is 12.0 Å². The molecular weight excluding hydrogens is 176 g/mol. The summed E-state index contributed by atoms with van der Waals surface area (Å²) in [6, 6.07) is 9.92. The van der Waals surface area contributed by atoms with Crippen molar-refractivity contribution in [3.05, 3.63) is 35.9 Å². The van der Waals surface area contributed by atoms with Gasteiger partial charge in [0.05, 0.1) is 6.54 Å². The lowest BCUT2D eigenvalue weighted by Gasteiger charge is -2.00. The van der Waals surface area contributed by atoms with E-state index in [4.69, 9.17) is 5.73 Å². The van der Waals surface area contributed by atoms with Crippen molar-refractivity contribution in [2.45, 2.75) is 12.8 Å². The van der Waals surface area contributed by atoms with Crippen LogP contribution in [-0.2, 0) is 11.2 Å². The zero-order valence-electron chi connectivity index (χ0n) is 8.15. The van der Waals surface area contributed by atoms with Gasteiger partial charge in [-0.25, -0.2) is 0 Å². The van der Waals surface area contributed by atoms with Gasteiger partial charge in [0, 0.05) is 13.0 Å². The third kappa shape index (κ3) is 4.05. The summed E-state index contributed by atoms with van der Waals surface area (Å²) in [5.41, 5.74) is 6.41. The second-order valence-electron chi connectivity index (χ2n) is 3.05. The molecule has 0 aliphatic heterocycles. The molecule has 0 bridgehead atoms. The van der Waals surface area contributed by atoms with Crippen molar-refractivity contribution < 1.29 is 4.79 Å². The Morgan fingerprint density at radius 1 is 1.29 bits per heavy atom. The van der Waals surface area contributed by atoms with Crippen LogP contribution in [0.3, 0.4) is 0 Å². The number of nitrogens with two attached hydrogens (primary N) is 1. The molecule has 1 amide bonds. The Hall–Kier alpha value is -1.35. The van der Waals surface area contributed by atoms with Crippen molar-refractivity contribution in [2.24, 2.45) is 5.73 Å². The molecule has 14 heavy (non-hydrogen) atoms. The number of rotatable bonds is 5. The maximum Gasteiger partial charge on any atom is 0.241 e. The Balaban J connectivity index is 2.24. The first-order chi connectivity index (χ1) is 6.83. The first-order valence-corrected chi connectivity index (χ1v) is 4.77. The monoisotopic (exact) mass is 191 g/mol. The van der Waals surface area contributed by atoms with Crippen molar-refractivity contribution in [3.8, 4) is 0 Å². The van der Waals surface area contributed by atoms with E-state index in [-0.39, 0.29) is 5.91 Å². The average Bonchev–Trinajstić information content (AvgIpc) is 2.25. The van der Waals surface area contributed by atoms with E-state index in [1.807, 2.05) is 30.3 Å². The van der Waals surface area contributed by atoms with Crippen LogP contribution in [0.15, 0.2) is 30.3 Å². The van der Waals surface area contributed by atoms with Crippen molar-refractivity contribution in [1.29, 1.82) is 0 Å². The minimum Gasteiger partial charge on any atom is -0.329 e. The highest BCUT2D eigenvalue weighted by Crippen LogP contribution is 2.01. The predicted octanol–water partition coefficient (Wildman–Crippen LogP) is 0.709. The molecule has 0 saturated heterocycles. The molecule has 0 aromatic heterocycles. The lowest BCUT2D eigenvalue weighted by Crippen LogP contribution is -2.22. The molecule has 2 N–H and O–H groups in total. The number of amides is 1. The molecule has 1 rings (SSSR count). The van der Waals surface area contributed by atoms with Crippen molar-refractivity contribution in [3.63, 3.8) is 0 Å². The molecular formula is C11H15N2O. The van der Waals surface area contributed by atoms with E-state index in [0.717, 1.165) is 6.42 Å². The maximum absolute atomic E-state index is 11.2. The fraction of sp³-hybridized carbons (Fsp3) is 0.364. The van der Waals surface area contributed by atoms with Crippen LogP contribution < -0.4 is 11.1 Å². The van der Waals surface area contributed by atoms with Crippen LogP contribution in [0.4, 0.5) is 0 Å². The average molecular weight is 191 g/mol. The molecule has 1 aromatic carbocycles. The summed E-state index contributed by atoms with van der Waals surface area (Å²) in [5, 5.41) is 3.79. The van der Waals surface area contributed by atoms with Crippen LogP contribution >= 0.6 is 0 Å². The molecule has 0 aliphatic rings. The minimum atomic E-state index is -0.0562. The summed E-state index contributed by atoms with van der Waals surface area (Å²) >= 11 is 0. The highest BCUT2D eigenvalue weighted by molar-refractivity contribution is 5.75. The second-order valence-corrected chi connectivity index (χ2v) is 3.05. The summed E-state index contributed by atoms with van der Waals surface area (Å²) in [6.45, 7) is 0.880. The van der Waals surface area contributed by atoms with E-state index in [1.54, 1.807) is 0 Å². The zero-order valence-corrected chi connectivity index (χ0v) is 8.15. The highest BCUT2D eigenvalue weighted by atomic mass is 16.1. The Morgan fingerprint density at radius 2 is 2.00 bits per heavy atom. The molecule has 1 aromatic rings. The fourth-order valence-electron chi connectivity index (χ4n) is 1.16. The largest absolute Gasteiger partial charge is 0.329 e. The van der Waals surface area contributed by atoms with E-state index in [0.29, 0.717) is 19.5 Å². The van der Waals surface area contributed by atoms with E-state index in [1.165, 1.54) is 5.56 Å². The van der Waals surface area contributed by atoms with Crippen molar-refractivity contribution in [2.75, 3.05) is 13.1 Å². The summed E-state index contributed by atoms with van der Waals surface area (Å²) in [4.78, 5) is 11.2. The molecule has 0 saturated carbocycles. The first-order valence-electron chi connectivity index (χ1n) is 4.77. The molecule has 0 fully saturated rings. The van der Waals surface area contributed by atoms with E-state index >= 15 is 0 Å². The van der Waals surface area contributed by atoms with Gasteiger partial charge in [-0.1, -0.05) is 30.3 Å². The number of benzene rings is 1. The molecule has 0 atom stereocenters. The standard InChI is InChI=1S/C11H15N2O/c12-8-9-13-11(14)7-6-10-4-2-1-3-5-10/h1-5H,6-9,12H2. The molecule has 0 unspecified atom stereocenters. The van der Waals surface area contributed by atoms with E-state index in [2.05, 4.69) is 5.32 Å². The SMILES string of the molecule is NCC[N]C(=O)CCc1ccccc1. The van der Waals surface area contributed by atoms with Crippen LogP contribution in [-0.4, -0.2) is 19.0 Å². The quantitative estimate of drug-likeness (QED) is 0.745. The molecule has 1 radical (unpaired) electrons. The number of hydrogen-bond donors (Lipinski definition) is 1. The van der Waals surface area contributed by atoms with Gasteiger partial charge in [-0.2, -0.15) is 0 Å². The van der Waals surface area contributed by atoms with Gasteiger partial charge in [0.25, 0.3) is 0 Å². The van der Waals surface area contributed by atoms with Gasteiger partial charge in [0.2, 0.25) is 5.91 Å². The highest BCUT2D eigenvalue weighted by Gasteiger charge is 2.01. The molecule has 0 heterocycles. The number of carbonyl (C=O) groups is 1. The fourth-order valence-corrected chi connectivity index (χ4v) is 1.16. The summed E-state index contributed by atoms with van der Waals surface area (Å²) in [6.07, 6.45) is 1.23. The molecule has 0 spiro atoms.